The maximum atomic E-state index is 13.8. The van der Waals surface area contributed by atoms with Gasteiger partial charge < -0.3 is 4.11 Å². The van der Waals surface area contributed by atoms with Gasteiger partial charge in [-0.15, -0.1) is 23.5 Å². The number of benzene rings is 1. The molecule has 2 rings (SSSR count). The molecule has 0 aliphatic carbocycles. The molecule has 0 aromatic heterocycles. The van der Waals surface area contributed by atoms with Gasteiger partial charge in [0.25, 0.3) is 8.41 Å². The van der Waals surface area contributed by atoms with Crippen LogP contribution in [-0.4, -0.2) is 12.6 Å². The van der Waals surface area contributed by atoms with Crippen molar-refractivity contribution in [2.45, 2.75) is 27.1 Å². The van der Waals surface area contributed by atoms with Crippen molar-refractivity contribution in [3.8, 4) is 0 Å². The first-order chi connectivity index (χ1) is 6.07. The van der Waals surface area contributed by atoms with Crippen LogP contribution in [0.2, 0.25) is 13.1 Å². The molecule has 70 valence electrons. The van der Waals surface area contributed by atoms with Crippen molar-refractivity contribution in [2.75, 3.05) is 0 Å². The molecule has 4 heteroatoms. The highest BCUT2D eigenvalue weighted by molar-refractivity contribution is 8.21. The lowest BCUT2D eigenvalue weighted by atomic mass is 10.4. The van der Waals surface area contributed by atoms with Crippen LogP contribution in [0.15, 0.2) is 34.1 Å². The van der Waals surface area contributed by atoms with Crippen molar-refractivity contribution in [3.05, 3.63) is 24.3 Å². The lowest BCUT2D eigenvalue weighted by Gasteiger charge is -2.16. The first-order valence-corrected chi connectivity index (χ1v) is 8.90. The Balaban J connectivity index is 2.23. The van der Waals surface area contributed by atoms with Crippen LogP contribution in [0, 0.1) is 0 Å². The summed E-state index contributed by atoms with van der Waals surface area (Å²) >= 11 is 3.39. The van der Waals surface area contributed by atoms with E-state index in [1.165, 1.54) is 9.79 Å². The third-order valence-corrected chi connectivity index (χ3v) is 9.42. The van der Waals surface area contributed by atoms with E-state index in [0.29, 0.717) is 0 Å². The van der Waals surface area contributed by atoms with Crippen molar-refractivity contribution in [1.82, 2.24) is 0 Å². The van der Waals surface area contributed by atoms with Crippen LogP contribution < -0.4 is 0 Å². The second kappa shape index (κ2) is 3.33. The van der Waals surface area contributed by atoms with Crippen LogP contribution >= 0.6 is 23.5 Å². The Morgan fingerprint density at radius 1 is 1.15 bits per heavy atom. The summed E-state index contributed by atoms with van der Waals surface area (Å²) in [6.07, 6.45) is 0. The van der Waals surface area contributed by atoms with Crippen molar-refractivity contribution in [2.24, 2.45) is 0 Å². The highest BCUT2D eigenvalue weighted by Crippen LogP contribution is 2.51. The van der Waals surface area contributed by atoms with Crippen molar-refractivity contribution in [1.29, 1.82) is 0 Å². The molecule has 0 bridgehead atoms. The Bertz CT molecular complexity index is 297. The summed E-state index contributed by atoms with van der Waals surface area (Å²) in [4.78, 5) is 2.49. The summed E-state index contributed by atoms with van der Waals surface area (Å²) in [7, 11) is -2.50. The van der Waals surface area contributed by atoms with E-state index in [-0.39, 0.29) is 4.21 Å². The molecular formula is C9H11FS2Si. The third kappa shape index (κ3) is 1.95. The topological polar surface area (TPSA) is 0 Å². The summed E-state index contributed by atoms with van der Waals surface area (Å²) in [5.74, 6) is 0. The number of hydrogen-bond acceptors (Lipinski definition) is 2. The average molecular weight is 230 g/mol. The Kier molecular flexibility index (Phi) is 2.46. The largest absolute Gasteiger partial charge is 0.312 e. The molecule has 0 atom stereocenters. The monoisotopic (exact) mass is 230 g/mol. The van der Waals surface area contributed by atoms with E-state index in [1.807, 2.05) is 12.1 Å². The van der Waals surface area contributed by atoms with Gasteiger partial charge in [0.05, 0.1) is 4.21 Å². The van der Waals surface area contributed by atoms with E-state index in [4.69, 9.17) is 0 Å². The summed E-state index contributed by atoms with van der Waals surface area (Å²) in [5.41, 5.74) is 0. The quantitative estimate of drug-likeness (QED) is 0.530. The molecule has 0 unspecified atom stereocenters. The first kappa shape index (κ1) is 9.62. The molecule has 0 nitrogen and oxygen atoms in total. The minimum atomic E-state index is -2.50. The summed E-state index contributed by atoms with van der Waals surface area (Å²) in [6, 6.07) is 8.18. The zero-order chi connectivity index (χ0) is 9.47. The highest BCUT2D eigenvalue weighted by atomic mass is 32.2. The standard InChI is InChI=1S/C9H11FS2Si/c1-13(2,10)9-11-7-5-3-4-6-8(7)12-9/h3-6,9H,1-2H3. The number of hydrogen-bond donors (Lipinski definition) is 0. The van der Waals surface area contributed by atoms with E-state index < -0.39 is 8.41 Å². The predicted molar refractivity (Wildman–Crippen MR) is 60.5 cm³/mol. The van der Waals surface area contributed by atoms with E-state index in [0.717, 1.165) is 0 Å². The van der Waals surface area contributed by atoms with Crippen LogP contribution in [0.4, 0.5) is 4.11 Å². The second-order valence-corrected chi connectivity index (χ2v) is 10.7. The number of thioether (sulfide) groups is 2. The summed E-state index contributed by atoms with van der Waals surface area (Å²) in [5, 5.41) is 0. The van der Waals surface area contributed by atoms with Crippen molar-refractivity contribution >= 4 is 31.9 Å². The fourth-order valence-corrected chi connectivity index (χ4v) is 6.43. The normalized spacial score (nSPS) is 17.5. The number of fused-ring (bicyclic) bond motifs is 1. The molecule has 0 saturated heterocycles. The van der Waals surface area contributed by atoms with Crippen LogP contribution in [-0.2, 0) is 0 Å². The smallest absolute Gasteiger partial charge is 0.264 e. The van der Waals surface area contributed by atoms with E-state index in [2.05, 4.69) is 12.1 Å². The average Bonchev–Trinajstić information content (AvgIpc) is 2.45. The number of rotatable bonds is 1. The summed E-state index contributed by atoms with van der Waals surface area (Å²) in [6.45, 7) is 3.56. The lowest BCUT2D eigenvalue weighted by molar-refractivity contribution is 0.804. The summed E-state index contributed by atoms with van der Waals surface area (Å²) < 4.78 is 13.9. The van der Waals surface area contributed by atoms with E-state index in [9.17, 15) is 4.11 Å². The molecule has 0 fully saturated rings. The first-order valence-electron chi connectivity index (χ1n) is 4.18. The fraction of sp³-hybridized carbons (Fsp3) is 0.333. The van der Waals surface area contributed by atoms with E-state index in [1.54, 1.807) is 36.6 Å². The van der Waals surface area contributed by atoms with Crippen LogP contribution in [0.3, 0.4) is 0 Å². The van der Waals surface area contributed by atoms with Gasteiger partial charge in [-0.2, -0.15) is 0 Å². The zero-order valence-corrected chi connectivity index (χ0v) is 10.2. The van der Waals surface area contributed by atoms with Gasteiger partial charge in [0.15, 0.2) is 0 Å². The maximum Gasteiger partial charge on any atom is 0.264 e. The molecule has 0 radical (unpaired) electrons. The molecule has 0 N–H and O–H groups in total. The molecule has 1 aromatic rings. The SMILES string of the molecule is C[Si](C)(F)C1Sc2ccccc2S1. The van der Waals surface area contributed by atoms with Gasteiger partial charge in [-0.3, -0.25) is 0 Å². The Morgan fingerprint density at radius 2 is 1.62 bits per heavy atom. The molecule has 13 heavy (non-hydrogen) atoms. The van der Waals surface area contributed by atoms with Gasteiger partial charge in [0, 0.05) is 9.79 Å². The molecule has 0 amide bonds. The number of halogens is 1. The van der Waals surface area contributed by atoms with Gasteiger partial charge >= 0.3 is 0 Å². The second-order valence-electron chi connectivity index (χ2n) is 3.58. The van der Waals surface area contributed by atoms with Gasteiger partial charge in [-0.05, 0) is 25.2 Å². The molecular weight excluding hydrogens is 219 g/mol. The molecule has 1 heterocycles. The highest BCUT2D eigenvalue weighted by Gasteiger charge is 2.38. The molecule has 0 saturated carbocycles. The Hall–Kier alpha value is 0.0669. The molecule has 1 aliphatic rings. The van der Waals surface area contributed by atoms with Crippen LogP contribution in [0.5, 0.6) is 0 Å². The van der Waals surface area contributed by atoms with Gasteiger partial charge in [-0.1, -0.05) is 12.1 Å². The van der Waals surface area contributed by atoms with Gasteiger partial charge in [-0.25, -0.2) is 0 Å². The maximum absolute atomic E-state index is 13.8. The predicted octanol–water partition coefficient (Wildman–Crippen LogP) is 3.92. The van der Waals surface area contributed by atoms with Crippen molar-refractivity contribution < 1.29 is 4.11 Å². The zero-order valence-electron chi connectivity index (χ0n) is 7.58. The third-order valence-electron chi connectivity index (χ3n) is 1.88. The van der Waals surface area contributed by atoms with Crippen molar-refractivity contribution in [3.63, 3.8) is 0 Å². The Labute approximate surface area is 87.5 Å². The van der Waals surface area contributed by atoms with Crippen LogP contribution in [0.1, 0.15) is 0 Å². The van der Waals surface area contributed by atoms with Gasteiger partial charge in [0.2, 0.25) is 0 Å². The van der Waals surface area contributed by atoms with Gasteiger partial charge in [0.1, 0.15) is 0 Å². The lowest BCUT2D eigenvalue weighted by Crippen LogP contribution is -2.30. The Morgan fingerprint density at radius 3 is 2.00 bits per heavy atom. The minimum absolute atomic E-state index is 0.143. The molecule has 1 aromatic carbocycles. The minimum Gasteiger partial charge on any atom is -0.312 e. The van der Waals surface area contributed by atoms with Crippen LogP contribution in [0.25, 0.3) is 0 Å². The fourth-order valence-electron chi connectivity index (χ4n) is 1.18. The molecule has 1 aliphatic heterocycles. The molecule has 0 spiro atoms. The van der Waals surface area contributed by atoms with E-state index >= 15 is 0 Å².